The van der Waals surface area contributed by atoms with Crippen LogP contribution in [0.4, 0.5) is 0 Å². The van der Waals surface area contributed by atoms with E-state index in [0.29, 0.717) is 6.42 Å². The van der Waals surface area contributed by atoms with Gasteiger partial charge in [-0.1, -0.05) is 19.9 Å². The van der Waals surface area contributed by atoms with Crippen LogP contribution in [0.3, 0.4) is 0 Å². The lowest BCUT2D eigenvalue weighted by Crippen LogP contribution is -2.26. The van der Waals surface area contributed by atoms with Crippen LogP contribution in [0, 0.1) is 5.92 Å². The van der Waals surface area contributed by atoms with E-state index < -0.39 is 5.97 Å². The van der Waals surface area contributed by atoms with Gasteiger partial charge in [0, 0.05) is 0 Å². The maximum Gasteiger partial charge on any atom is 0.306 e. The molecule has 104 valence electrons. The van der Waals surface area contributed by atoms with Gasteiger partial charge >= 0.3 is 5.97 Å². The Labute approximate surface area is 114 Å². The molecule has 1 N–H and O–H groups in total. The summed E-state index contributed by atoms with van der Waals surface area (Å²) in [5.41, 5.74) is 2.59. The average Bonchev–Trinajstić information content (AvgIpc) is 2.73. The second-order valence-electron chi connectivity index (χ2n) is 5.73. The van der Waals surface area contributed by atoms with Gasteiger partial charge in [0.2, 0.25) is 0 Å². The molecule has 2 unspecified atom stereocenters. The van der Waals surface area contributed by atoms with E-state index in [-0.39, 0.29) is 11.3 Å². The third-order valence-electron chi connectivity index (χ3n) is 4.45. The molecule has 2 rings (SSSR count). The van der Waals surface area contributed by atoms with Gasteiger partial charge in [0.1, 0.15) is 5.75 Å². The van der Waals surface area contributed by atoms with Crippen molar-refractivity contribution in [3.05, 3.63) is 29.3 Å². The summed E-state index contributed by atoms with van der Waals surface area (Å²) in [6.45, 7) is 4.14. The fraction of sp³-hybridized carbons (Fsp3) is 0.562. The molecule has 0 fully saturated rings. The van der Waals surface area contributed by atoms with Crippen molar-refractivity contribution in [3.8, 4) is 5.75 Å². The second-order valence-corrected chi connectivity index (χ2v) is 5.73. The summed E-state index contributed by atoms with van der Waals surface area (Å²) in [5, 5.41) is 9.26. The van der Waals surface area contributed by atoms with Crippen LogP contribution in [0.5, 0.6) is 5.75 Å². The van der Waals surface area contributed by atoms with E-state index in [2.05, 4.69) is 19.1 Å². The van der Waals surface area contributed by atoms with Gasteiger partial charge in [-0.25, -0.2) is 0 Å². The number of ether oxygens (including phenoxy) is 1. The highest BCUT2D eigenvalue weighted by Crippen LogP contribution is 2.44. The number of hydrogen-bond donors (Lipinski definition) is 1. The van der Waals surface area contributed by atoms with E-state index in [1.165, 1.54) is 11.1 Å². The summed E-state index contributed by atoms with van der Waals surface area (Å²) in [6, 6.07) is 6.17. The van der Waals surface area contributed by atoms with Crippen LogP contribution in [0.25, 0.3) is 0 Å². The van der Waals surface area contributed by atoms with E-state index in [9.17, 15) is 9.90 Å². The zero-order valence-electron chi connectivity index (χ0n) is 11.9. The third kappa shape index (κ3) is 2.60. The van der Waals surface area contributed by atoms with Gasteiger partial charge in [-0.2, -0.15) is 0 Å². The van der Waals surface area contributed by atoms with Gasteiger partial charge in [-0.05, 0) is 54.4 Å². The van der Waals surface area contributed by atoms with Gasteiger partial charge < -0.3 is 9.84 Å². The van der Waals surface area contributed by atoms with Crippen LogP contribution in [0.2, 0.25) is 0 Å². The minimum atomic E-state index is -0.675. The van der Waals surface area contributed by atoms with Crippen LogP contribution in [-0.2, 0) is 16.6 Å². The van der Waals surface area contributed by atoms with E-state index in [0.717, 1.165) is 25.0 Å². The number of carboxylic acid groups (broad SMARTS) is 1. The molecule has 1 aliphatic rings. The topological polar surface area (TPSA) is 46.5 Å². The van der Waals surface area contributed by atoms with Crippen molar-refractivity contribution in [2.45, 2.75) is 44.9 Å². The fourth-order valence-corrected chi connectivity index (χ4v) is 3.20. The first-order chi connectivity index (χ1) is 9.00. The molecule has 0 radical (unpaired) electrons. The monoisotopic (exact) mass is 262 g/mol. The highest BCUT2D eigenvalue weighted by molar-refractivity contribution is 5.70. The minimum Gasteiger partial charge on any atom is -0.497 e. The fourth-order valence-electron chi connectivity index (χ4n) is 3.20. The van der Waals surface area contributed by atoms with Gasteiger partial charge in [-0.3, -0.25) is 4.79 Å². The number of benzene rings is 1. The standard InChI is InChI=1S/C16H22O3/c1-4-11(15(17)18)10-16(2)8-7-12-9-13(19-3)5-6-14(12)16/h5-6,9,11H,4,7-8,10H2,1-3H3,(H,17,18). The summed E-state index contributed by atoms with van der Waals surface area (Å²) >= 11 is 0. The average molecular weight is 262 g/mol. The predicted octanol–water partition coefficient (Wildman–Crippen LogP) is 3.40. The number of fused-ring (bicyclic) bond motifs is 1. The van der Waals surface area contributed by atoms with Crippen molar-refractivity contribution in [1.82, 2.24) is 0 Å². The Morgan fingerprint density at radius 2 is 2.26 bits per heavy atom. The Kier molecular flexibility index (Phi) is 3.83. The van der Waals surface area contributed by atoms with E-state index in [4.69, 9.17) is 4.74 Å². The summed E-state index contributed by atoms with van der Waals surface area (Å²) in [7, 11) is 1.67. The number of aryl methyl sites for hydroxylation is 1. The van der Waals surface area contributed by atoms with E-state index >= 15 is 0 Å². The molecule has 19 heavy (non-hydrogen) atoms. The molecular formula is C16H22O3. The van der Waals surface area contributed by atoms with Crippen LogP contribution in [0.15, 0.2) is 18.2 Å². The first-order valence-electron chi connectivity index (χ1n) is 6.90. The zero-order valence-corrected chi connectivity index (χ0v) is 11.9. The molecule has 0 spiro atoms. The lowest BCUT2D eigenvalue weighted by Gasteiger charge is -2.28. The third-order valence-corrected chi connectivity index (χ3v) is 4.45. The van der Waals surface area contributed by atoms with Crippen LogP contribution >= 0.6 is 0 Å². The largest absolute Gasteiger partial charge is 0.497 e. The molecule has 2 atom stereocenters. The maximum atomic E-state index is 11.3. The summed E-state index contributed by atoms with van der Waals surface area (Å²) in [5.74, 6) is -0.0444. The zero-order chi connectivity index (χ0) is 14.0. The summed E-state index contributed by atoms with van der Waals surface area (Å²) < 4.78 is 5.25. The minimum absolute atomic E-state index is 0.0132. The molecule has 0 amide bonds. The number of rotatable bonds is 5. The molecule has 1 aromatic carbocycles. The highest BCUT2D eigenvalue weighted by Gasteiger charge is 2.37. The van der Waals surface area contributed by atoms with Gasteiger partial charge in [-0.15, -0.1) is 0 Å². The predicted molar refractivity (Wildman–Crippen MR) is 74.7 cm³/mol. The molecular weight excluding hydrogens is 240 g/mol. The van der Waals surface area contributed by atoms with Crippen molar-refractivity contribution < 1.29 is 14.6 Å². The molecule has 1 aliphatic carbocycles. The molecule has 0 aromatic heterocycles. The number of carbonyl (C=O) groups is 1. The van der Waals surface area contributed by atoms with E-state index in [1.807, 2.05) is 13.0 Å². The molecule has 0 bridgehead atoms. The molecule has 0 saturated carbocycles. The molecule has 0 aliphatic heterocycles. The normalized spacial score (nSPS) is 22.9. The Balaban J connectivity index is 2.26. The molecule has 0 heterocycles. The number of carboxylic acids is 1. The SMILES string of the molecule is CCC(CC1(C)CCc2cc(OC)ccc21)C(=O)O. The Hall–Kier alpha value is -1.51. The number of methoxy groups -OCH3 is 1. The van der Waals surface area contributed by atoms with E-state index in [1.54, 1.807) is 7.11 Å². The van der Waals surface area contributed by atoms with Crippen molar-refractivity contribution in [1.29, 1.82) is 0 Å². The molecule has 1 aromatic rings. The maximum absolute atomic E-state index is 11.3. The quantitative estimate of drug-likeness (QED) is 0.884. The first-order valence-corrected chi connectivity index (χ1v) is 6.90. The van der Waals surface area contributed by atoms with Gasteiger partial charge in [0.15, 0.2) is 0 Å². The number of hydrogen-bond acceptors (Lipinski definition) is 2. The first kappa shape index (κ1) is 13.9. The van der Waals surface area contributed by atoms with Crippen molar-refractivity contribution >= 4 is 5.97 Å². The van der Waals surface area contributed by atoms with Crippen LogP contribution in [0.1, 0.15) is 44.2 Å². The number of aliphatic carboxylic acids is 1. The molecule has 3 heteroatoms. The van der Waals surface area contributed by atoms with Crippen molar-refractivity contribution in [2.24, 2.45) is 5.92 Å². The Morgan fingerprint density at radius 3 is 2.84 bits per heavy atom. The van der Waals surface area contributed by atoms with Crippen LogP contribution in [-0.4, -0.2) is 18.2 Å². The van der Waals surface area contributed by atoms with Gasteiger partial charge in [0.25, 0.3) is 0 Å². The van der Waals surface area contributed by atoms with Crippen molar-refractivity contribution in [2.75, 3.05) is 7.11 Å². The summed E-state index contributed by atoms with van der Waals surface area (Å²) in [6.07, 6.45) is 3.45. The lowest BCUT2D eigenvalue weighted by atomic mass is 9.76. The van der Waals surface area contributed by atoms with Gasteiger partial charge in [0.05, 0.1) is 13.0 Å². The second kappa shape index (κ2) is 5.24. The molecule has 0 saturated heterocycles. The smallest absolute Gasteiger partial charge is 0.306 e. The van der Waals surface area contributed by atoms with Crippen LogP contribution < -0.4 is 4.74 Å². The lowest BCUT2D eigenvalue weighted by molar-refractivity contribution is -0.142. The van der Waals surface area contributed by atoms with Crippen molar-refractivity contribution in [3.63, 3.8) is 0 Å². The summed E-state index contributed by atoms with van der Waals surface area (Å²) in [4.78, 5) is 11.3. The Morgan fingerprint density at radius 1 is 1.53 bits per heavy atom. The highest BCUT2D eigenvalue weighted by atomic mass is 16.5. The Bertz CT molecular complexity index is 481. The molecule has 3 nitrogen and oxygen atoms in total.